The molecule has 1 fully saturated rings. The molecular weight excluding hydrogens is 312 g/mol. The lowest BCUT2D eigenvalue weighted by molar-refractivity contribution is -0.384. The molecule has 0 unspecified atom stereocenters. The van der Waals surface area contributed by atoms with E-state index in [1.165, 1.54) is 12.1 Å². The first-order valence-electron chi connectivity index (χ1n) is 6.19. The predicted octanol–water partition coefficient (Wildman–Crippen LogP) is 2.56. The van der Waals surface area contributed by atoms with Crippen molar-refractivity contribution < 1.29 is 10.0 Å². The van der Waals surface area contributed by atoms with Crippen molar-refractivity contribution in [1.29, 1.82) is 0 Å². The highest BCUT2D eigenvalue weighted by atomic mass is 79.9. The Morgan fingerprint density at radius 2 is 2.16 bits per heavy atom. The van der Waals surface area contributed by atoms with Crippen LogP contribution in [0.4, 0.5) is 5.69 Å². The van der Waals surface area contributed by atoms with Crippen molar-refractivity contribution in [2.24, 2.45) is 5.92 Å². The summed E-state index contributed by atoms with van der Waals surface area (Å²) in [6.45, 7) is 6.01. The first-order valence-corrected chi connectivity index (χ1v) is 6.99. The number of nitro benzene ring substituents is 1. The van der Waals surface area contributed by atoms with Crippen LogP contribution in [0.5, 0.6) is 0 Å². The molecule has 0 radical (unpaired) electrons. The van der Waals surface area contributed by atoms with Crippen molar-refractivity contribution in [3.05, 3.63) is 38.3 Å². The van der Waals surface area contributed by atoms with E-state index in [2.05, 4.69) is 20.8 Å². The highest BCUT2D eigenvalue weighted by molar-refractivity contribution is 9.10. The SMILES string of the molecule is CC(C)C1(O)CN(Cc2ccc([N+](=O)[O-])cc2Br)C1. The monoisotopic (exact) mass is 328 g/mol. The van der Waals surface area contributed by atoms with E-state index in [-0.39, 0.29) is 11.6 Å². The molecule has 5 nitrogen and oxygen atoms in total. The van der Waals surface area contributed by atoms with Gasteiger partial charge >= 0.3 is 0 Å². The van der Waals surface area contributed by atoms with E-state index in [9.17, 15) is 15.2 Å². The molecule has 0 aliphatic carbocycles. The molecule has 1 aromatic rings. The summed E-state index contributed by atoms with van der Waals surface area (Å²) in [7, 11) is 0. The van der Waals surface area contributed by atoms with E-state index >= 15 is 0 Å². The van der Waals surface area contributed by atoms with E-state index in [0.717, 1.165) is 10.0 Å². The lowest BCUT2D eigenvalue weighted by Crippen LogP contribution is -2.63. The quantitative estimate of drug-likeness (QED) is 0.681. The molecule has 1 N–H and O–H groups in total. The number of halogens is 1. The summed E-state index contributed by atoms with van der Waals surface area (Å²) in [6.07, 6.45) is 0. The van der Waals surface area contributed by atoms with E-state index in [4.69, 9.17) is 0 Å². The second-order valence-electron chi connectivity index (χ2n) is 5.44. The van der Waals surface area contributed by atoms with E-state index in [1.807, 2.05) is 13.8 Å². The van der Waals surface area contributed by atoms with Crippen LogP contribution in [0.2, 0.25) is 0 Å². The smallest absolute Gasteiger partial charge is 0.270 e. The maximum atomic E-state index is 10.7. The summed E-state index contributed by atoms with van der Waals surface area (Å²) < 4.78 is 0.738. The van der Waals surface area contributed by atoms with Gasteiger partial charge in [0.05, 0.1) is 10.5 Å². The minimum absolute atomic E-state index is 0.0814. The molecule has 104 valence electrons. The second-order valence-corrected chi connectivity index (χ2v) is 6.29. The Labute approximate surface area is 120 Å². The fourth-order valence-electron chi connectivity index (χ4n) is 2.22. The van der Waals surface area contributed by atoms with Gasteiger partial charge < -0.3 is 5.11 Å². The second kappa shape index (κ2) is 5.19. The number of rotatable bonds is 4. The average Bonchev–Trinajstić information content (AvgIpc) is 2.28. The largest absolute Gasteiger partial charge is 0.387 e. The number of benzene rings is 1. The summed E-state index contributed by atoms with van der Waals surface area (Å²) >= 11 is 3.36. The zero-order valence-electron chi connectivity index (χ0n) is 11.0. The van der Waals surface area contributed by atoms with Crippen LogP contribution < -0.4 is 0 Å². The summed E-state index contributed by atoms with van der Waals surface area (Å²) in [5, 5.41) is 20.8. The number of hydrogen-bond donors (Lipinski definition) is 1. The van der Waals surface area contributed by atoms with Crippen LogP contribution in [0.3, 0.4) is 0 Å². The minimum atomic E-state index is -0.590. The normalized spacial score (nSPS) is 18.4. The van der Waals surface area contributed by atoms with Crippen molar-refractivity contribution in [2.75, 3.05) is 13.1 Å². The van der Waals surface area contributed by atoms with Crippen molar-refractivity contribution in [3.63, 3.8) is 0 Å². The summed E-state index contributed by atoms with van der Waals surface area (Å²) in [4.78, 5) is 12.4. The van der Waals surface area contributed by atoms with Crippen LogP contribution >= 0.6 is 15.9 Å². The first kappa shape index (κ1) is 14.4. The molecule has 6 heteroatoms. The van der Waals surface area contributed by atoms with Crippen LogP contribution in [0, 0.1) is 16.0 Å². The zero-order chi connectivity index (χ0) is 14.2. The number of non-ortho nitro benzene ring substituents is 1. The van der Waals surface area contributed by atoms with Gasteiger partial charge in [-0.05, 0) is 17.5 Å². The molecule has 0 amide bonds. The fourth-order valence-corrected chi connectivity index (χ4v) is 2.72. The molecule has 0 spiro atoms. The Bertz CT molecular complexity index is 499. The van der Waals surface area contributed by atoms with Gasteiger partial charge in [0.1, 0.15) is 0 Å². The van der Waals surface area contributed by atoms with Gasteiger partial charge in [-0.1, -0.05) is 29.8 Å². The molecule has 0 aromatic heterocycles. The number of hydrogen-bond acceptors (Lipinski definition) is 4. The predicted molar refractivity (Wildman–Crippen MR) is 75.9 cm³/mol. The molecule has 1 saturated heterocycles. The Balaban J connectivity index is 2.00. The Morgan fingerprint density at radius 1 is 1.53 bits per heavy atom. The van der Waals surface area contributed by atoms with Gasteiger partial charge in [0.2, 0.25) is 0 Å². The van der Waals surface area contributed by atoms with Crippen LogP contribution in [-0.4, -0.2) is 33.6 Å². The fraction of sp³-hybridized carbons (Fsp3) is 0.538. The van der Waals surface area contributed by atoms with Crippen LogP contribution in [-0.2, 0) is 6.54 Å². The average molecular weight is 329 g/mol. The van der Waals surface area contributed by atoms with Gasteiger partial charge in [0.25, 0.3) is 5.69 Å². The molecular formula is C13H17BrN2O3. The van der Waals surface area contributed by atoms with Crippen molar-refractivity contribution in [1.82, 2.24) is 4.90 Å². The highest BCUT2D eigenvalue weighted by Gasteiger charge is 2.43. The first-order chi connectivity index (χ1) is 8.82. The van der Waals surface area contributed by atoms with E-state index in [0.29, 0.717) is 19.6 Å². The zero-order valence-corrected chi connectivity index (χ0v) is 12.6. The topological polar surface area (TPSA) is 66.6 Å². The summed E-state index contributed by atoms with van der Waals surface area (Å²) in [5.41, 5.74) is 0.488. The van der Waals surface area contributed by atoms with Crippen molar-refractivity contribution in [3.8, 4) is 0 Å². The van der Waals surface area contributed by atoms with Gasteiger partial charge in [-0.2, -0.15) is 0 Å². The molecule has 1 aliphatic rings. The molecule has 19 heavy (non-hydrogen) atoms. The Kier molecular flexibility index (Phi) is 3.94. The maximum absolute atomic E-state index is 10.7. The molecule has 1 aliphatic heterocycles. The lowest BCUT2D eigenvalue weighted by atomic mass is 9.83. The van der Waals surface area contributed by atoms with E-state index < -0.39 is 10.5 Å². The molecule has 1 aromatic carbocycles. The number of β-amino-alcohol motifs (C(OH)–C–C–N with tert-alkyl or cyclic N) is 1. The maximum Gasteiger partial charge on any atom is 0.270 e. The van der Waals surface area contributed by atoms with Crippen molar-refractivity contribution in [2.45, 2.75) is 26.0 Å². The van der Waals surface area contributed by atoms with Gasteiger partial charge in [-0.3, -0.25) is 15.0 Å². The number of aliphatic hydroxyl groups is 1. The Morgan fingerprint density at radius 3 is 2.63 bits per heavy atom. The molecule has 2 rings (SSSR count). The minimum Gasteiger partial charge on any atom is -0.387 e. The van der Waals surface area contributed by atoms with Gasteiger partial charge in [-0.15, -0.1) is 0 Å². The highest BCUT2D eigenvalue weighted by Crippen LogP contribution is 2.31. The molecule has 0 atom stereocenters. The lowest BCUT2D eigenvalue weighted by Gasteiger charge is -2.49. The number of nitrogens with zero attached hydrogens (tertiary/aromatic N) is 2. The van der Waals surface area contributed by atoms with Crippen LogP contribution in [0.1, 0.15) is 19.4 Å². The standard InChI is InChI=1S/C13H17BrN2O3/c1-9(2)13(17)7-15(8-13)6-10-3-4-11(16(18)19)5-12(10)14/h3-5,9,17H,6-8H2,1-2H3. The number of nitro groups is 1. The third-order valence-electron chi connectivity index (χ3n) is 3.71. The molecule has 0 bridgehead atoms. The van der Waals surface area contributed by atoms with Gasteiger partial charge in [0, 0.05) is 36.2 Å². The third-order valence-corrected chi connectivity index (χ3v) is 4.45. The summed E-state index contributed by atoms with van der Waals surface area (Å²) in [6, 6.07) is 4.78. The Hall–Kier alpha value is -0.980. The van der Waals surface area contributed by atoms with E-state index in [1.54, 1.807) is 6.07 Å². The molecule has 1 heterocycles. The van der Waals surface area contributed by atoms with Crippen molar-refractivity contribution >= 4 is 21.6 Å². The summed E-state index contributed by atoms with van der Waals surface area (Å²) in [5.74, 6) is 0.240. The van der Waals surface area contributed by atoms with Gasteiger partial charge in [-0.25, -0.2) is 0 Å². The number of likely N-dealkylation sites (tertiary alicyclic amines) is 1. The third kappa shape index (κ3) is 2.96. The molecule has 0 saturated carbocycles. The van der Waals surface area contributed by atoms with Crippen LogP contribution in [0.25, 0.3) is 0 Å². The van der Waals surface area contributed by atoms with Crippen LogP contribution in [0.15, 0.2) is 22.7 Å². The van der Waals surface area contributed by atoms with Gasteiger partial charge in [0.15, 0.2) is 0 Å².